The maximum absolute atomic E-state index is 12.2. The summed E-state index contributed by atoms with van der Waals surface area (Å²) in [4.78, 5) is 24.7. The number of benzene rings is 1. The number of rotatable bonds is 2. The molecule has 6 heteroatoms. The monoisotopic (exact) mass is 296 g/mol. The maximum atomic E-state index is 12.2. The first-order chi connectivity index (χ1) is 9.49. The molecule has 2 rings (SSSR count). The number of halogens is 1. The van der Waals surface area contributed by atoms with E-state index in [2.05, 4.69) is 5.32 Å². The minimum Gasteiger partial charge on any atom is -0.480 e. The van der Waals surface area contributed by atoms with Gasteiger partial charge in [-0.1, -0.05) is 17.7 Å². The van der Waals surface area contributed by atoms with E-state index in [9.17, 15) is 9.59 Å². The average Bonchev–Trinajstić information content (AvgIpc) is 2.43. The second-order valence-electron chi connectivity index (χ2n) is 4.94. The summed E-state index contributed by atoms with van der Waals surface area (Å²) in [7, 11) is 0. The van der Waals surface area contributed by atoms with Gasteiger partial charge in [0.15, 0.2) is 0 Å². The number of nitrogens with zero attached hydrogens (tertiary/aromatic N) is 1. The number of carbonyl (C=O) groups excluding carboxylic acids is 1. The molecule has 1 aliphatic rings. The van der Waals surface area contributed by atoms with Gasteiger partial charge in [-0.25, -0.2) is 9.59 Å². The van der Waals surface area contributed by atoms with Crippen molar-refractivity contribution in [1.29, 1.82) is 0 Å². The summed E-state index contributed by atoms with van der Waals surface area (Å²) < 4.78 is 0. The van der Waals surface area contributed by atoms with Crippen LogP contribution >= 0.6 is 11.6 Å². The third-order valence-electron chi connectivity index (χ3n) is 3.47. The Morgan fingerprint density at radius 2 is 2.15 bits per heavy atom. The second kappa shape index (κ2) is 6.13. The molecule has 2 amide bonds. The molecular formula is C14H17ClN2O3. The van der Waals surface area contributed by atoms with E-state index >= 15 is 0 Å². The van der Waals surface area contributed by atoms with Crippen molar-refractivity contribution in [3.63, 3.8) is 0 Å². The van der Waals surface area contributed by atoms with E-state index in [1.165, 1.54) is 4.90 Å². The van der Waals surface area contributed by atoms with Gasteiger partial charge in [-0.2, -0.15) is 0 Å². The number of nitrogens with one attached hydrogen (secondary N) is 1. The molecule has 1 saturated heterocycles. The molecule has 0 aromatic heterocycles. The molecule has 0 radical (unpaired) electrons. The Bertz CT molecular complexity index is 533. The van der Waals surface area contributed by atoms with Gasteiger partial charge in [-0.3, -0.25) is 0 Å². The molecular weight excluding hydrogens is 280 g/mol. The first-order valence-electron chi connectivity index (χ1n) is 6.55. The number of carboxylic acid groups (broad SMARTS) is 1. The Morgan fingerprint density at radius 3 is 2.80 bits per heavy atom. The van der Waals surface area contributed by atoms with Gasteiger partial charge in [0.1, 0.15) is 6.04 Å². The van der Waals surface area contributed by atoms with Gasteiger partial charge in [0, 0.05) is 17.3 Å². The minimum atomic E-state index is -0.957. The number of carboxylic acids is 1. The molecule has 1 heterocycles. The fourth-order valence-corrected chi connectivity index (χ4v) is 2.48. The van der Waals surface area contributed by atoms with Crippen LogP contribution in [-0.2, 0) is 4.79 Å². The van der Waals surface area contributed by atoms with Gasteiger partial charge in [0.2, 0.25) is 0 Å². The molecule has 0 aliphatic carbocycles. The smallest absolute Gasteiger partial charge is 0.326 e. The van der Waals surface area contributed by atoms with E-state index in [1.807, 2.05) is 13.0 Å². The number of aryl methyl sites for hydroxylation is 1. The largest absolute Gasteiger partial charge is 0.480 e. The summed E-state index contributed by atoms with van der Waals surface area (Å²) in [6.45, 7) is 2.33. The van der Waals surface area contributed by atoms with Crippen molar-refractivity contribution in [2.45, 2.75) is 32.2 Å². The van der Waals surface area contributed by atoms with Gasteiger partial charge in [0.25, 0.3) is 0 Å². The fourth-order valence-electron chi connectivity index (χ4n) is 2.30. The van der Waals surface area contributed by atoms with E-state index in [0.717, 1.165) is 18.4 Å². The molecule has 108 valence electrons. The van der Waals surface area contributed by atoms with Crippen molar-refractivity contribution >= 4 is 29.3 Å². The van der Waals surface area contributed by atoms with Crippen molar-refractivity contribution in [2.24, 2.45) is 0 Å². The Kier molecular flexibility index (Phi) is 4.49. The predicted octanol–water partition coefficient (Wildman–Crippen LogP) is 3.12. The number of likely N-dealkylation sites (tertiary alicyclic amines) is 1. The highest BCUT2D eigenvalue weighted by Gasteiger charge is 2.31. The first-order valence-corrected chi connectivity index (χ1v) is 6.93. The Labute approximate surface area is 122 Å². The Morgan fingerprint density at radius 1 is 1.40 bits per heavy atom. The number of amides is 2. The SMILES string of the molecule is Cc1ccc(NC(=O)N2CCCCC2C(=O)O)cc1Cl. The number of anilines is 1. The molecule has 0 bridgehead atoms. The van der Waals surface area contributed by atoms with Crippen molar-refractivity contribution in [3.8, 4) is 0 Å². The quantitative estimate of drug-likeness (QED) is 0.881. The van der Waals surface area contributed by atoms with Crippen LogP contribution in [0.3, 0.4) is 0 Å². The number of carbonyl (C=O) groups is 2. The number of aliphatic carboxylic acids is 1. The summed E-state index contributed by atoms with van der Waals surface area (Å²) in [5.74, 6) is -0.957. The molecule has 2 N–H and O–H groups in total. The van der Waals surface area contributed by atoms with E-state index in [1.54, 1.807) is 12.1 Å². The van der Waals surface area contributed by atoms with Gasteiger partial charge in [0.05, 0.1) is 0 Å². The summed E-state index contributed by atoms with van der Waals surface area (Å²) in [6, 6.07) is 4.08. The molecule has 0 saturated carbocycles. The lowest BCUT2D eigenvalue weighted by Gasteiger charge is -2.32. The zero-order valence-electron chi connectivity index (χ0n) is 11.2. The summed E-state index contributed by atoms with van der Waals surface area (Å²) in [5, 5.41) is 12.4. The third kappa shape index (κ3) is 3.22. The van der Waals surface area contributed by atoms with Crippen molar-refractivity contribution in [3.05, 3.63) is 28.8 Å². The summed E-state index contributed by atoms with van der Waals surface area (Å²) in [5.41, 5.74) is 1.49. The molecule has 5 nitrogen and oxygen atoms in total. The number of urea groups is 1. The highest BCUT2D eigenvalue weighted by molar-refractivity contribution is 6.31. The summed E-state index contributed by atoms with van der Waals surface area (Å²) in [6.07, 6.45) is 2.15. The molecule has 1 aromatic rings. The van der Waals surface area contributed by atoms with E-state index in [4.69, 9.17) is 16.7 Å². The topological polar surface area (TPSA) is 69.6 Å². The lowest BCUT2D eigenvalue weighted by Crippen LogP contribution is -2.49. The van der Waals surface area contributed by atoms with Crippen LogP contribution < -0.4 is 5.32 Å². The highest BCUT2D eigenvalue weighted by atomic mass is 35.5. The van der Waals surface area contributed by atoms with E-state index in [0.29, 0.717) is 23.7 Å². The molecule has 1 unspecified atom stereocenters. The van der Waals surface area contributed by atoms with Crippen LogP contribution in [0, 0.1) is 6.92 Å². The number of hydrogen-bond acceptors (Lipinski definition) is 2. The van der Waals surface area contributed by atoms with Gasteiger partial charge in [-0.05, 0) is 43.9 Å². The lowest BCUT2D eigenvalue weighted by atomic mass is 10.0. The van der Waals surface area contributed by atoms with Crippen LogP contribution in [0.25, 0.3) is 0 Å². The predicted molar refractivity (Wildman–Crippen MR) is 77.2 cm³/mol. The summed E-state index contributed by atoms with van der Waals surface area (Å²) >= 11 is 6.00. The highest BCUT2D eigenvalue weighted by Crippen LogP contribution is 2.22. The standard InChI is InChI=1S/C14H17ClN2O3/c1-9-5-6-10(8-11(9)15)16-14(20)17-7-3-2-4-12(17)13(18)19/h5-6,8,12H,2-4,7H2,1H3,(H,16,20)(H,18,19). The zero-order valence-corrected chi connectivity index (χ0v) is 12.0. The second-order valence-corrected chi connectivity index (χ2v) is 5.34. The van der Waals surface area contributed by atoms with E-state index < -0.39 is 18.0 Å². The minimum absolute atomic E-state index is 0.392. The molecule has 1 fully saturated rings. The third-order valence-corrected chi connectivity index (χ3v) is 3.88. The first kappa shape index (κ1) is 14.7. The maximum Gasteiger partial charge on any atom is 0.326 e. The molecule has 1 aromatic carbocycles. The van der Waals surface area contributed by atoms with Gasteiger partial charge in [-0.15, -0.1) is 0 Å². The number of hydrogen-bond donors (Lipinski definition) is 2. The molecule has 1 aliphatic heterocycles. The number of piperidine rings is 1. The van der Waals surface area contributed by atoms with E-state index in [-0.39, 0.29) is 0 Å². The molecule has 0 spiro atoms. The van der Waals surface area contributed by atoms with Crippen LogP contribution in [0.2, 0.25) is 5.02 Å². The normalized spacial score (nSPS) is 18.7. The van der Waals surface area contributed by atoms with Crippen LogP contribution in [0.4, 0.5) is 10.5 Å². The Hall–Kier alpha value is -1.75. The fraction of sp³-hybridized carbons (Fsp3) is 0.429. The van der Waals surface area contributed by atoms with Crippen molar-refractivity contribution in [1.82, 2.24) is 4.90 Å². The van der Waals surface area contributed by atoms with Crippen LogP contribution in [0.1, 0.15) is 24.8 Å². The lowest BCUT2D eigenvalue weighted by molar-refractivity contribution is -0.143. The van der Waals surface area contributed by atoms with Crippen LogP contribution in [-0.4, -0.2) is 34.6 Å². The van der Waals surface area contributed by atoms with Crippen molar-refractivity contribution in [2.75, 3.05) is 11.9 Å². The zero-order chi connectivity index (χ0) is 14.7. The van der Waals surface area contributed by atoms with Crippen LogP contribution in [0.15, 0.2) is 18.2 Å². The van der Waals surface area contributed by atoms with Crippen LogP contribution in [0.5, 0.6) is 0 Å². The molecule has 1 atom stereocenters. The molecule has 20 heavy (non-hydrogen) atoms. The van der Waals surface area contributed by atoms with Gasteiger partial charge >= 0.3 is 12.0 Å². The van der Waals surface area contributed by atoms with Gasteiger partial charge < -0.3 is 15.3 Å². The Balaban J connectivity index is 2.09. The average molecular weight is 297 g/mol. The van der Waals surface area contributed by atoms with Crippen molar-refractivity contribution < 1.29 is 14.7 Å².